The fraction of sp³-hybridized carbons (Fsp3) is 0.217. The predicted octanol–water partition coefficient (Wildman–Crippen LogP) is 3.88. The van der Waals surface area contributed by atoms with Crippen LogP contribution in [-0.2, 0) is 10.0 Å². The van der Waals surface area contributed by atoms with Gasteiger partial charge >= 0.3 is 5.91 Å². The molecule has 3 aromatic heterocycles. The van der Waals surface area contributed by atoms with E-state index in [0.717, 1.165) is 11.3 Å². The molecular weight excluding hydrogens is 472 g/mol. The van der Waals surface area contributed by atoms with Crippen LogP contribution in [0.25, 0.3) is 11.3 Å². The van der Waals surface area contributed by atoms with E-state index in [-0.39, 0.29) is 34.2 Å². The third kappa shape index (κ3) is 5.17. The van der Waals surface area contributed by atoms with Crippen molar-refractivity contribution in [2.75, 3.05) is 17.1 Å². The van der Waals surface area contributed by atoms with Gasteiger partial charge in [0.25, 0.3) is 15.9 Å². The van der Waals surface area contributed by atoms with Crippen molar-refractivity contribution < 1.29 is 22.4 Å². The van der Waals surface area contributed by atoms with Crippen LogP contribution in [0.4, 0.5) is 11.5 Å². The zero-order valence-electron chi connectivity index (χ0n) is 19.5. The quantitative estimate of drug-likeness (QED) is 0.374. The molecular formula is C23H24N6O5S. The van der Waals surface area contributed by atoms with E-state index in [1.54, 1.807) is 10.7 Å². The van der Waals surface area contributed by atoms with Crippen molar-refractivity contribution in [1.29, 1.82) is 0 Å². The summed E-state index contributed by atoms with van der Waals surface area (Å²) in [7, 11) is -2.84. The Labute approximate surface area is 202 Å². The molecule has 0 saturated carbocycles. The van der Waals surface area contributed by atoms with Gasteiger partial charge in [-0.2, -0.15) is 5.10 Å². The van der Waals surface area contributed by atoms with E-state index in [9.17, 15) is 13.2 Å². The third-order valence-corrected chi connectivity index (χ3v) is 6.32. The minimum absolute atomic E-state index is 0.0561. The van der Waals surface area contributed by atoms with Crippen LogP contribution in [0, 0.1) is 6.92 Å². The highest BCUT2D eigenvalue weighted by Gasteiger charge is 2.24. The molecule has 0 bridgehead atoms. The molecule has 35 heavy (non-hydrogen) atoms. The lowest BCUT2D eigenvalue weighted by molar-refractivity contribution is 0.0991. The van der Waals surface area contributed by atoms with Gasteiger partial charge in [0.15, 0.2) is 16.5 Å². The fourth-order valence-corrected chi connectivity index (χ4v) is 4.53. The summed E-state index contributed by atoms with van der Waals surface area (Å²) < 4.78 is 41.0. The van der Waals surface area contributed by atoms with Gasteiger partial charge in [0, 0.05) is 23.4 Å². The number of amides is 1. The van der Waals surface area contributed by atoms with E-state index < -0.39 is 15.9 Å². The van der Waals surface area contributed by atoms with E-state index in [1.165, 1.54) is 25.6 Å². The third-order valence-electron chi connectivity index (χ3n) is 4.97. The van der Waals surface area contributed by atoms with Crippen LogP contribution in [0.5, 0.6) is 5.88 Å². The molecule has 0 spiro atoms. The monoisotopic (exact) mass is 496 g/mol. The largest absolute Gasteiger partial charge is 0.480 e. The average Bonchev–Trinajstić information content (AvgIpc) is 3.46. The maximum Gasteiger partial charge on any atom is 0.311 e. The van der Waals surface area contributed by atoms with E-state index in [1.807, 2.05) is 51.1 Å². The van der Waals surface area contributed by atoms with E-state index in [0.29, 0.717) is 5.76 Å². The first-order valence-electron chi connectivity index (χ1n) is 10.6. The number of ether oxygens (including phenoxy) is 1. The first kappa shape index (κ1) is 24.0. The number of benzene rings is 1. The molecule has 0 unspecified atom stereocenters. The number of carbonyl (C=O) groups excluding carboxylic acids is 1. The molecule has 12 heteroatoms. The smallest absolute Gasteiger partial charge is 0.311 e. The van der Waals surface area contributed by atoms with Crippen molar-refractivity contribution in [2.45, 2.75) is 31.7 Å². The standard InChI is InChI=1S/C23H24N6O5S/c1-14(2)29-15(3)10-20(27-29)28-35(31,32)19-11-17(12-24-22(19)33-4)26-21(30)23-25-13-18(34-23)16-8-6-5-7-9-16/h5-14H,1-4H3,(H,26,30)(H,27,28). The predicted molar refractivity (Wildman–Crippen MR) is 129 cm³/mol. The highest BCUT2D eigenvalue weighted by Crippen LogP contribution is 2.27. The number of oxazole rings is 1. The normalized spacial score (nSPS) is 11.5. The zero-order valence-corrected chi connectivity index (χ0v) is 20.3. The number of rotatable bonds is 8. The summed E-state index contributed by atoms with van der Waals surface area (Å²) in [5.74, 6) is -0.412. The maximum absolute atomic E-state index is 13.1. The Morgan fingerprint density at radius 3 is 2.51 bits per heavy atom. The maximum atomic E-state index is 13.1. The van der Waals surface area contributed by atoms with Crippen molar-refractivity contribution in [3.05, 3.63) is 66.4 Å². The molecule has 0 atom stereocenters. The first-order valence-corrected chi connectivity index (χ1v) is 12.1. The number of methoxy groups -OCH3 is 1. The summed E-state index contributed by atoms with van der Waals surface area (Å²) >= 11 is 0. The molecule has 4 aromatic rings. The lowest BCUT2D eigenvalue weighted by Gasteiger charge is -2.11. The summed E-state index contributed by atoms with van der Waals surface area (Å²) in [4.78, 5) is 20.4. The van der Waals surface area contributed by atoms with Crippen LogP contribution >= 0.6 is 0 Å². The van der Waals surface area contributed by atoms with Crippen LogP contribution in [0.2, 0.25) is 0 Å². The van der Waals surface area contributed by atoms with Gasteiger partial charge in [-0.1, -0.05) is 30.3 Å². The van der Waals surface area contributed by atoms with Crippen LogP contribution < -0.4 is 14.8 Å². The number of nitrogens with one attached hydrogen (secondary N) is 2. The summed E-state index contributed by atoms with van der Waals surface area (Å²) in [6, 6.07) is 12.1. The molecule has 1 aromatic carbocycles. The molecule has 4 rings (SSSR count). The van der Waals surface area contributed by atoms with Gasteiger partial charge in [0.2, 0.25) is 5.88 Å². The average molecular weight is 497 g/mol. The molecule has 0 aliphatic heterocycles. The number of nitrogens with zero attached hydrogens (tertiary/aromatic N) is 4. The minimum atomic E-state index is -4.14. The minimum Gasteiger partial charge on any atom is -0.480 e. The van der Waals surface area contributed by atoms with Gasteiger partial charge in [-0.3, -0.25) is 14.2 Å². The summed E-state index contributed by atoms with van der Waals surface area (Å²) in [6.45, 7) is 5.71. The van der Waals surface area contributed by atoms with Gasteiger partial charge in [0.05, 0.1) is 25.2 Å². The Balaban J connectivity index is 1.57. The SMILES string of the molecule is COc1ncc(NC(=O)c2ncc(-c3ccccc3)o2)cc1S(=O)(=O)Nc1cc(C)n(C(C)C)n1. The van der Waals surface area contributed by atoms with Gasteiger partial charge in [0.1, 0.15) is 0 Å². The number of aryl methyl sites for hydroxylation is 1. The van der Waals surface area contributed by atoms with Crippen LogP contribution in [0.3, 0.4) is 0 Å². The number of sulfonamides is 1. The fourth-order valence-electron chi connectivity index (χ4n) is 3.40. The molecule has 0 aliphatic carbocycles. The second-order valence-electron chi connectivity index (χ2n) is 7.90. The molecule has 182 valence electrons. The molecule has 1 amide bonds. The number of carbonyl (C=O) groups is 1. The van der Waals surface area contributed by atoms with Gasteiger partial charge in [-0.05, 0) is 26.8 Å². The van der Waals surface area contributed by atoms with Gasteiger partial charge in [-0.25, -0.2) is 18.4 Å². The second kappa shape index (κ2) is 9.58. The highest BCUT2D eigenvalue weighted by molar-refractivity contribution is 7.92. The molecule has 0 fully saturated rings. The number of hydrogen-bond donors (Lipinski definition) is 2. The van der Waals surface area contributed by atoms with E-state index >= 15 is 0 Å². The van der Waals surface area contributed by atoms with Gasteiger partial charge in [-0.15, -0.1) is 0 Å². The zero-order chi connectivity index (χ0) is 25.2. The Bertz CT molecular complexity index is 1460. The lowest BCUT2D eigenvalue weighted by atomic mass is 10.2. The summed E-state index contributed by atoms with van der Waals surface area (Å²) in [5.41, 5.74) is 1.67. The van der Waals surface area contributed by atoms with Crippen molar-refractivity contribution >= 4 is 27.4 Å². The number of anilines is 2. The van der Waals surface area contributed by atoms with E-state index in [4.69, 9.17) is 9.15 Å². The molecule has 2 N–H and O–H groups in total. The van der Waals surface area contributed by atoms with Crippen molar-refractivity contribution in [3.8, 4) is 17.2 Å². The lowest BCUT2D eigenvalue weighted by Crippen LogP contribution is -2.17. The van der Waals surface area contributed by atoms with Crippen molar-refractivity contribution in [1.82, 2.24) is 19.7 Å². The Morgan fingerprint density at radius 2 is 1.86 bits per heavy atom. The van der Waals surface area contributed by atoms with E-state index in [2.05, 4.69) is 25.1 Å². The van der Waals surface area contributed by atoms with Crippen LogP contribution in [0.1, 0.15) is 36.3 Å². The number of hydrogen-bond acceptors (Lipinski definition) is 8. The molecule has 0 saturated heterocycles. The van der Waals surface area contributed by atoms with Crippen LogP contribution in [-0.4, -0.2) is 41.2 Å². The Kier molecular flexibility index (Phi) is 6.56. The van der Waals surface area contributed by atoms with Crippen LogP contribution in [0.15, 0.2) is 64.2 Å². The molecule has 11 nitrogen and oxygen atoms in total. The Morgan fingerprint density at radius 1 is 1.11 bits per heavy atom. The highest BCUT2D eigenvalue weighted by atomic mass is 32.2. The topological polar surface area (TPSA) is 141 Å². The van der Waals surface area contributed by atoms with Crippen molar-refractivity contribution in [3.63, 3.8) is 0 Å². The first-order chi connectivity index (χ1) is 16.7. The Hall–Kier alpha value is -4.19. The summed E-state index contributed by atoms with van der Waals surface area (Å²) in [6.07, 6.45) is 2.71. The van der Waals surface area contributed by atoms with Gasteiger partial charge < -0.3 is 14.5 Å². The summed E-state index contributed by atoms with van der Waals surface area (Å²) in [5, 5.41) is 6.84. The van der Waals surface area contributed by atoms with Crippen molar-refractivity contribution in [2.24, 2.45) is 0 Å². The number of pyridine rings is 1. The molecule has 0 radical (unpaired) electrons. The molecule has 0 aliphatic rings. The second-order valence-corrected chi connectivity index (χ2v) is 9.55. The number of aromatic nitrogens is 4. The molecule has 3 heterocycles.